The molecule has 1 aromatic carbocycles. The van der Waals surface area contributed by atoms with Gasteiger partial charge in [-0.2, -0.15) is 0 Å². The number of pyridine rings is 1. The Kier molecular flexibility index (Phi) is 7.10. The fraction of sp³-hybridized carbons (Fsp3) is 0.538. The molecule has 0 bridgehead atoms. The van der Waals surface area contributed by atoms with Gasteiger partial charge in [-0.3, -0.25) is 14.7 Å². The molecule has 5 nitrogen and oxygen atoms in total. The summed E-state index contributed by atoms with van der Waals surface area (Å²) in [6.07, 6.45) is 11.0. The SMILES string of the molecule is O=C(C1CCCCC1)C(C1CCc2ccccc2N1)N1CCN(c2c(Cl)cncc2Cl)CC1. The smallest absolute Gasteiger partial charge is 0.155 e. The molecule has 1 aliphatic carbocycles. The third kappa shape index (κ3) is 4.87. The molecule has 176 valence electrons. The molecular formula is C26H32Cl2N4O. The van der Waals surface area contributed by atoms with Gasteiger partial charge in [0.2, 0.25) is 0 Å². The summed E-state index contributed by atoms with van der Waals surface area (Å²) in [5.74, 6) is 0.643. The fourth-order valence-electron chi connectivity index (χ4n) is 5.89. The number of aromatic nitrogens is 1. The first-order valence-electron chi connectivity index (χ1n) is 12.3. The zero-order valence-electron chi connectivity index (χ0n) is 19.0. The second kappa shape index (κ2) is 10.2. The largest absolute Gasteiger partial charge is 0.380 e. The summed E-state index contributed by atoms with van der Waals surface area (Å²) in [5.41, 5.74) is 3.39. The quantitative estimate of drug-likeness (QED) is 0.608. The van der Waals surface area contributed by atoms with E-state index in [4.69, 9.17) is 23.2 Å². The summed E-state index contributed by atoms with van der Waals surface area (Å²) >= 11 is 12.8. The maximum Gasteiger partial charge on any atom is 0.155 e. The van der Waals surface area contributed by atoms with Crippen LogP contribution >= 0.6 is 23.2 Å². The lowest BCUT2D eigenvalue weighted by atomic mass is 9.80. The normalized spacial score (nSPS) is 23.0. The molecular weight excluding hydrogens is 455 g/mol. The maximum absolute atomic E-state index is 13.9. The highest BCUT2D eigenvalue weighted by Gasteiger charge is 2.40. The summed E-state index contributed by atoms with van der Waals surface area (Å²) in [7, 11) is 0. The fourth-order valence-corrected chi connectivity index (χ4v) is 6.49. The number of nitrogens with one attached hydrogen (secondary N) is 1. The highest BCUT2D eigenvalue weighted by Crippen LogP contribution is 2.35. The van der Waals surface area contributed by atoms with Gasteiger partial charge in [0, 0.05) is 56.2 Å². The number of carbonyl (C=O) groups is 1. The Morgan fingerprint density at radius 1 is 0.970 bits per heavy atom. The number of para-hydroxylation sites is 1. The summed E-state index contributed by atoms with van der Waals surface area (Å²) in [4.78, 5) is 22.7. The maximum atomic E-state index is 13.9. The van der Waals surface area contributed by atoms with Crippen LogP contribution in [0.1, 0.15) is 44.1 Å². The van der Waals surface area contributed by atoms with Gasteiger partial charge >= 0.3 is 0 Å². The molecule has 3 aliphatic rings. The summed E-state index contributed by atoms with van der Waals surface area (Å²) in [5, 5.41) is 4.91. The number of rotatable bonds is 5. The van der Waals surface area contributed by atoms with E-state index in [0.29, 0.717) is 15.8 Å². The second-order valence-corrected chi connectivity index (χ2v) is 10.4. The summed E-state index contributed by atoms with van der Waals surface area (Å²) in [6.45, 7) is 3.22. The van der Waals surface area contributed by atoms with Gasteiger partial charge in [0.25, 0.3) is 0 Å². The van der Waals surface area contributed by atoms with Gasteiger partial charge in [0.15, 0.2) is 5.78 Å². The van der Waals surface area contributed by atoms with E-state index in [-0.39, 0.29) is 18.0 Å². The van der Waals surface area contributed by atoms with Gasteiger partial charge in [-0.15, -0.1) is 0 Å². The third-order valence-corrected chi connectivity index (χ3v) is 8.17. The molecule has 0 spiro atoms. The van der Waals surface area contributed by atoms with Gasteiger partial charge in [-0.05, 0) is 37.3 Å². The molecule has 2 aliphatic heterocycles. The molecule has 2 fully saturated rings. The van der Waals surface area contributed by atoms with Crippen molar-refractivity contribution < 1.29 is 4.79 Å². The van der Waals surface area contributed by atoms with Gasteiger partial charge in [-0.25, -0.2) is 0 Å². The minimum absolute atomic E-state index is 0.0907. The first kappa shape index (κ1) is 22.9. The van der Waals surface area contributed by atoms with Crippen molar-refractivity contribution in [3.8, 4) is 0 Å². The van der Waals surface area contributed by atoms with E-state index in [1.54, 1.807) is 12.4 Å². The molecule has 1 N–H and O–H groups in total. The standard InChI is InChI=1S/C26H32Cl2N4O/c27-20-16-29-17-21(28)24(20)31-12-14-32(15-13-31)25(26(33)19-7-2-1-3-8-19)23-11-10-18-6-4-5-9-22(18)30-23/h4-6,9,16-17,19,23,25,30H,1-3,7-8,10-15H2. The van der Waals surface area contributed by atoms with Crippen LogP contribution in [0.5, 0.6) is 0 Å². The molecule has 0 amide bonds. The molecule has 1 saturated carbocycles. The number of hydrogen-bond donors (Lipinski definition) is 1. The Hall–Kier alpha value is -1.82. The molecule has 7 heteroatoms. The van der Waals surface area contributed by atoms with Crippen molar-refractivity contribution in [2.24, 2.45) is 5.92 Å². The van der Waals surface area contributed by atoms with Crippen molar-refractivity contribution in [3.05, 3.63) is 52.3 Å². The molecule has 5 rings (SSSR count). The molecule has 2 atom stereocenters. The number of Topliss-reactive ketones (excluding diaryl/α,β-unsaturated/α-hetero) is 1. The summed E-state index contributed by atoms with van der Waals surface area (Å²) in [6, 6.07) is 8.57. The van der Waals surface area contributed by atoms with Crippen molar-refractivity contribution in [1.82, 2.24) is 9.88 Å². The van der Waals surface area contributed by atoms with E-state index in [1.807, 2.05) is 0 Å². The molecule has 1 aromatic heterocycles. The molecule has 2 aromatic rings. The number of anilines is 2. The minimum Gasteiger partial charge on any atom is -0.380 e. The van der Waals surface area contributed by atoms with Crippen LogP contribution < -0.4 is 10.2 Å². The zero-order valence-corrected chi connectivity index (χ0v) is 20.5. The molecule has 33 heavy (non-hydrogen) atoms. The van der Waals surface area contributed by atoms with Crippen LogP contribution in [-0.4, -0.2) is 53.9 Å². The Bertz CT molecular complexity index is 966. The van der Waals surface area contributed by atoms with E-state index in [2.05, 4.69) is 44.4 Å². The van der Waals surface area contributed by atoms with Crippen LogP contribution in [0.25, 0.3) is 0 Å². The first-order valence-corrected chi connectivity index (χ1v) is 13.0. The number of hydrogen-bond acceptors (Lipinski definition) is 5. The van der Waals surface area contributed by atoms with E-state index in [0.717, 1.165) is 57.5 Å². The first-order chi connectivity index (χ1) is 16.1. The van der Waals surface area contributed by atoms with Gasteiger partial charge in [0.1, 0.15) is 0 Å². The number of ketones is 1. The second-order valence-electron chi connectivity index (χ2n) is 9.60. The number of halogens is 2. The summed E-state index contributed by atoms with van der Waals surface area (Å²) < 4.78 is 0. The Morgan fingerprint density at radius 3 is 2.39 bits per heavy atom. The van der Waals surface area contributed by atoms with Crippen molar-refractivity contribution in [1.29, 1.82) is 0 Å². The van der Waals surface area contributed by atoms with E-state index >= 15 is 0 Å². The van der Waals surface area contributed by atoms with Gasteiger partial charge in [-0.1, -0.05) is 60.7 Å². The lowest BCUT2D eigenvalue weighted by Crippen LogP contribution is -2.60. The van der Waals surface area contributed by atoms with Crippen LogP contribution in [0, 0.1) is 5.92 Å². The Labute approximate surface area is 206 Å². The van der Waals surface area contributed by atoms with Crippen molar-refractivity contribution in [2.75, 3.05) is 36.4 Å². The van der Waals surface area contributed by atoms with Crippen LogP contribution in [0.4, 0.5) is 11.4 Å². The molecule has 0 radical (unpaired) electrons. The van der Waals surface area contributed by atoms with Crippen molar-refractivity contribution >= 4 is 40.4 Å². The van der Waals surface area contributed by atoms with Crippen molar-refractivity contribution in [3.63, 3.8) is 0 Å². The zero-order chi connectivity index (χ0) is 22.8. The van der Waals surface area contributed by atoms with Crippen LogP contribution in [0.3, 0.4) is 0 Å². The average molecular weight is 487 g/mol. The van der Waals surface area contributed by atoms with Crippen LogP contribution in [0.15, 0.2) is 36.7 Å². The van der Waals surface area contributed by atoms with Gasteiger partial charge in [0.05, 0.1) is 21.8 Å². The van der Waals surface area contributed by atoms with Crippen molar-refractivity contribution in [2.45, 2.75) is 57.0 Å². The van der Waals surface area contributed by atoms with E-state index in [9.17, 15) is 4.79 Å². The molecule has 2 unspecified atom stereocenters. The lowest BCUT2D eigenvalue weighted by Gasteiger charge is -2.45. The number of piperazine rings is 1. The van der Waals surface area contributed by atoms with E-state index < -0.39 is 0 Å². The highest BCUT2D eigenvalue weighted by molar-refractivity contribution is 6.38. The monoisotopic (exact) mass is 486 g/mol. The average Bonchev–Trinajstić information content (AvgIpc) is 2.85. The van der Waals surface area contributed by atoms with Crippen LogP contribution in [0.2, 0.25) is 10.0 Å². The molecule has 3 heterocycles. The number of aryl methyl sites for hydroxylation is 1. The Balaban J connectivity index is 1.35. The predicted octanol–water partition coefficient (Wildman–Crippen LogP) is 5.46. The van der Waals surface area contributed by atoms with E-state index in [1.165, 1.54) is 30.5 Å². The third-order valence-electron chi connectivity index (χ3n) is 7.62. The number of nitrogens with zero attached hydrogens (tertiary/aromatic N) is 3. The number of fused-ring (bicyclic) bond motifs is 1. The van der Waals surface area contributed by atoms with Crippen LogP contribution in [-0.2, 0) is 11.2 Å². The Morgan fingerprint density at radius 2 is 1.67 bits per heavy atom. The minimum atomic E-state index is -0.0907. The highest BCUT2D eigenvalue weighted by atomic mass is 35.5. The predicted molar refractivity (Wildman–Crippen MR) is 136 cm³/mol. The number of carbonyl (C=O) groups excluding carboxylic acids is 1. The lowest BCUT2D eigenvalue weighted by molar-refractivity contribution is -0.130. The number of benzene rings is 1. The van der Waals surface area contributed by atoms with Gasteiger partial charge < -0.3 is 10.2 Å². The molecule has 1 saturated heterocycles. The topological polar surface area (TPSA) is 48.5 Å².